The molecular weight excluding hydrogens is 517 g/mol. The molecule has 2 amide bonds. The van der Waals surface area contributed by atoms with Gasteiger partial charge >= 0.3 is 5.69 Å². The second-order valence-corrected chi connectivity index (χ2v) is 10.1. The average Bonchev–Trinajstić information content (AvgIpc) is 3.48. The summed E-state index contributed by atoms with van der Waals surface area (Å²) >= 11 is 0. The van der Waals surface area contributed by atoms with Gasteiger partial charge in [0.1, 0.15) is 5.82 Å². The number of aryl methyl sites for hydroxylation is 1. The first-order valence-electron chi connectivity index (χ1n) is 13.1. The number of carbonyl (C=O) groups is 2. The molecule has 0 N–H and O–H groups in total. The lowest BCUT2D eigenvalue weighted by Crippen LogP contribution is -2.53. The van der Waals surface area contributed by atoms with Crippen LogP contribution in [0.15, 0.2) is 64.2 Å². The van der Waals surface area contributed by atoms with Gasteiger partial charge in [-0.3, -0.25) is 33.0 Å². The quantitative estimate of drug-likeness (QED) is 0.346. The monoisotopic (exact) mass is 545 g/mol. The summed E-state index contributed by atoms with van der Waals surface area (Å²) in [6, 6.07) is 14.4. The van der Waals surface area contributed by atoms with Crippen LogP contribution < -0.4 is 21.0 Å². The topological polar surface area (TPSA) is 106 Å². The van der Waals surface area contributed by atoms with Crippen LogP contribution in [0.3, 0.4) is 0 Å². The number of nitrogens with zero attached hydrogens (tertiary/aromatic N) is 7. The van der Waals surface area contributed by atoms with Crippen molar-refractivity contribution in [2.24, 2.45) is 14.1 Å². The van der Waals surface area contributed by atoms with Crippen LogP contribution in [-0.4, -0.2) is 67.6 Å². The normalized spacial score (nSPS) is 18.3. The molecule has 12 heteroatoms. The molecule has 206 valence electrons. The molecule has 0 saturated carbocycles. The predicted molar refractivity (Wildman–Crippen MR) is 147 cm³/mol. The van der Waals surface area contributed by atoms with Gasteiger partial charge in [0.15, 0.2) is 11.2 Å². The lowest BCUT2D eigenvalue weighted by Gasteiger charge is -2.37. The standard InChI is InChI=1S/C28H28FN7O4/c1-31-24-23(26(39)32(2)28(31)40)35(17-18-6-4-3-5-7-18)27(30-24)34-14-12-33(13-15-34)21-16-22(37)36(25(21)38)20-10-8-19(29)9-11-20/h3-11,21H,12-17H2,1-2H3. The molecule has 4 aromatic rings. The molecule has 2 aromatic carbocycles. The number of benzene rings is 2. The van der Waals surface area contributed by atoms with Crippen LogP contribution in [0.2, 0.25) is 0 Å². The van der Waals surface area contributed by atoms with Gasteiger partial charge < -0.3 is 4.90 Å². The van der Waals surface area contributed by atoms with Crippen molar-refractivity contribution in [1.29, 1.82) is 0 Å². The van der Waals surface area contributed by atoms with Gasteiger partial charge in [0, 0.05) is 40.3 Å². The van der Waals surface area contributed by atoms with Gasteiger partial charge in [0.05, 0.1) is 24.7 Å². The van der Waals surface area contributed by atoms with E-state index < -0.39 is 23.1 Å². The maximum atomic E-state index is 13.4. The van der Waals surface area contributed by atoms with Crippen molar-refractivity contribution in [1.82, 2.24) is 23.6 Å². The van der Waals surface area contributed by atoms with Gasteiger partial charge in [0.2, 0.25) is 11.9 Å². The van der Waals surface area contributed by atoms with Crippen LogP contribution >= 0.6 is 0 Å². The minimum absolute atomic E-state index is 0.0564. The molecule has 4 heterocycles. The number of halogens is 1. The zero-order valence-corrected chi connectivity index (χ0v) is 22.2. The number of carbonyl (C=O) groups excluding carboxylic acids is 2. The number of hydrogen-bond acceptors (Lipinski definition) is 7. The Balaban J connectivity index is 1.28. The van der Waals surface area contributed by atoms with Crippen LogP contribution in [0, 0.1) is 5.82 Å². The number of hydrogen-bond donors (Lipinski definition) is 0. The summed E-state index contributed by atoms with van der Waals surface area (Å²) < 4.78 is 17.7. The highest BCUT2D eigenvalue weighted by Gasteiger charge is 2.43. The second kappa shape index (κ2) is 9.87. The maximum absolute atomic E-state index is 13.4. The Bertz CT molecular complexity index is 1740. The molecule has 2 aliphatic rings. The number of anilines is 2. The van der Waals surface area contributed by atoms with E-state index in [9.17, 15) is 23.6 Å². The van der Waals surface area contributed by atoms with E-state index in [-0.39, 0.29) is 18.2 Å². The van der Waals surface area contributed by atoms with Crippen molar-refractivity contribution in [2.45, 2.75) is 19.0 Å². The summed E-state index contributed by atoms with van der Waals surface area (Å²) in [5, 5.41) is 0. The number of amides is 2. The van der Waals surface area contributed by atoms with Crippen molar-refractivity contribution in [3.63, 3.8) is 0 Å². The zero-order chi connectivity index (χ0) is 28.1. The average molecular weight is 546 g/mol. The first kappa shape index (κ1) is 25.7. The fourth-order valence-corrected chi connectivity index (χ4v) is 5.59. The van der Waals surface area contributed by atoms with Crippen molar-refractivity contribution in [3.05, 3.63) is 86.8 Å². The minimum Gasteiger partial charge on any atom is -0.340 e. The van der Waals surface area contributed by atoms with Crippen molar-refractivity contribution >= 4 is 34.6 Å². The summed E-state index contributed by atoms with van der Waals surface area (Å²) in [7, 11) is 3.05. The smallest absolute Gasteiger partial charge is 0.332 e. The number of rotatable bonds is 5. The van der Waals surface area contributed by atoms with E-state index in [1.54, 1.807) is 7.05 Å². The Morgan fingerprint density at radius 2 is 1.55 bits per heavy atom. The molecule has 2 fully saturated rings. The first-order valence-corrected chi connectivity index (χ1v) is 13.1. The van der Waals surface area contributed by atoms with Crippen LogP contribution in [0.25, 0.3) is 11.2 Å². The van der Waals surface area contributed by atoms with Crippen molar-refractivity contribution in [3.8, 4) is 0 Å². The molecule has 0 spiro atoms. The number of imide groups is 1. The van der Waals surface area contributed by atoms with E-state index in [2.05, 4.69) is 0 Å². The van der Waals surface area contributed by atoms with E-state index in [4.69, 9.17) is 4.98 Å². The summed E-state index contributed by atoms with van der Waals surface area (Å²) in [4.78, 5) is 61.8. The maximum Gasteiger partial charge on any atom is 0.332 e. The molecule has 11 nitrogen and oxygen atoms in total. The number of aromatic nitrogens is 4. The fourth-order valence-electron chi connectivity index (χ4n) is 5.59. The molecule has 0 bridgehead atoms. The lowest BCUT2D eigenvalue weighted by atomic mass is 10.1. The van der Waals surface area contributed by atoms with Crippen LogP contribution in [-0.2, 0) is 30.2 Å². The number of piperazine rings is 1. The highest BCUT2D eigenvalue weighted by atomic mass is 19.1. The highest BCUT2D eigenvalue weighted by molar-refractivity contribution is 6.22. The third-order valence-electron chi connectivity index (χ3n) is 7.76. The Hall–Kier alpha value is -4.58. The molecule has 0 aliphatic carbocycles. The Kier molecular flexibility index (Phi) is 6.34. The molecular formula is C28H28FN7O4. The highest BCUT2D eigenvalue weighted by Crippen LogP contribution is 2.28. The molecule has 2 aliphatic heterocycles. The molecule has 2 aromatic heterocycles. The van der Waals surface area contributed by atoms with E-state index in [0.717, 1.165) is 15.0 Å². The molecule has 6 rings (SSSR count). The van der Waals surface area contributed by atoms with Crippen molar-refractivity contribution < 1.29 is 14.0 Å². The third-order valence-corrected chi connectivity index (χ3v) is 7.76. The van der Waals surface area contributed by atoms with Crippen LogP contribution in [0.4, 0.5) is 16.0 Å². The molecule has 2 saturated heterocycles. The van der Waals surface area contributed by atoms with Gasteiger partial charge in [-0.25, -0.2) is 14.1 Å². The van der Waals surface area contributed by atoms with E-state index in [1.807, 2.05) is 44.7 Å². The van der Waals surface area contributed by atoms with Gasteiger partial charge in [-0.1, -0.05) is 30.3 Å². The minimum atomic E-state index is -0.601. The summed E-state index contributed by atoms with van der Waals surface area (Å²) in [6.07, 6.45) is 0.0564. The van der Waals surface area contributed by atoms with Gasteiger partial charge in [-0.05, 0) is 29.8 Å². The Morgan fingerprint density at radius 3 is 2.23 bits per heavy atom. The van der Waals surface area contributed by atoms with E-state index >= 15 is 0 Å². The fraction of sp³-hybridized carbons (Fsp3) is 0.321. The molecule has 1 atom stereocenters. The molecule has 1 unspecified atom stereocenters. The van der Waals surface area contributed by atoms with Gasteiger partial charge in [-0.2, -0.15) is 4.98 Å². The SMILES string of the molecule is Cn1c(=O)c2c(nc(N3CCN(C4CC(=O)N(c5ccc(F)cc5)C4=O)CC3)n2Cc2ccccc2)n(C)c1=O. The lowest BCUT2D eigenvalue weighted by molar-refractivity contribution is -0.123. The Labute approximate surface area is 228 Å². The third kappa shape index (κ3) is 4.20. The largest absolute Gasteiger partial charge is 0.340 e. The van der Waals surface area contributed by atoms with Gasteiger partial charge in [0.25, 0.3) is 11.5 Å². The summed E-state index contributed by atoms with van der Waals surface area (Å²) in [5.74, 6) is -0.504. The Morgan fingerprint density at radius 1 is 0.875 bits per heavy atom. The summed E-state index contributed by atoms with van der Waals surface area (Å²) in [6.45, 7) is 2.38. The van der Waals surface area contributed by atoms with Gasteiger partial charge in [-0.15, -0.1) is 0 Å². The van der Waals surface area contributed by atoms with E-state index in [0.29, 0.717) is 55.5 Å². The van der Waals surface area contributed by atoms with Crippen LogP contribution in [0.5, 0.6) is 0 Å². The van der Waals surface area contributed by atoms with Crippen molar-refractivity contribution in [2.75, 3.05) is 36.0 Å². The predicted octanol–water partition coefficient (Wildman–Crippen LogP) is 1.08. The molecule has 0 radical (unpaired) electrons. The van der Waals surface area contributed by atoms with Crippen LogP contribution in [0.1, 0.15) is 12.0 Å². The second-order valence-electron chi connectivity index (χ2n) is 10.1. The zero-order valence-electron chi connectivity index (χ0n) is 22.2. The summed E-state index contributed by atoms with van der Waals surface area (Å²) in [5.41, 5.74) is 1.13. The number of fused-ring (bicyclic) bond motifs is 1. The first-order chi connectivity index (χ1) is 19.2. The number of imidazole rings is 1. The van der Waals surface area contributed by atoms with E-state index in [1.165, 1.54) is 35.9 Å². The molecule has 40 heavy (non-hydrogen) atoms.